The summed E-state index contributed by atoms with van der Waals surface area (Å²) in [5, 5.41) is 9.68. The Kier molecular flexibility index (Phi) is 12.3. The number of rotatable bonds is 11. The van der Waals surface area contributed by atoms with E-state index in [4.69, 9.17) is 4.74 Å². The first-order valence-corrected chi connectivity index (χ1v) is 21.4. The molecule has 0 unspecified atom stereocenters. The number of amides is 2. The van der Waals surface area contributed by atoms with Gasteiger partial charge < -0.3 is 25.1 Å². The van der Waals surface area contributed by atoms with Crippen molar-refractivity contribution in [2.45, 2.75) is 76.8 Å². The number of carbonyl (C=O) groups excluding carboxylic acids is 2. The lowest BCUT2D eigenvalue weighted by Crippen LogP contribution is -2.53. The van der Waals surface area contributed by atoms with Gasteiger partial charge in [-0.3, -0.25) is 19.4 Å². The molecule has 2 amide bonds. The zero-order chi connectivity index (χ0) is 40.2. The predicted molar refractivity (Wildman–Crippen MR) is 222 cm³/mol. The van der Waals surface area contributed by atoms with Crippen LogP contribution in [-0.4, -0.2) is 97.8 Å². The molecule has 3 aromatic heterocycles. The maximum Gasteiger partial charge on any atom is 0.271 e. The third kappa shape index (κ3) is 9.86. The molecule has 3 aliphatic rings. The normalized spacial score (nSPS) is 21.8. The Morgan fingerprint density at radius 3 is 2.34 bits per heavy atom. The van der Waals surface area contributed by atoms with Gasteiger partial charge in [0.25, 0.3) is 11.8 Å². The molecule has 0 radical (unpaired) electrons. The van der Waals surface area contributed by atoms with E-state index in [-0.39, 0.29) is 35.1 Å². The lowest BCUT2D eigenvalue weighted by Gasteiger charge is -2.36. The highest BCUT2D eigenvalue weighted by molar-refractivity contribution is 7.99. The van der Waals surface area contributed by atoms with E-state index >= 15 is 0 Å². The van der Waals surface area contributed by atoms with Crippen LogP contribution in [0.2, 0.25) is 0 Å². The molecule has 3 N–H and O–H groups in total. The van der Waals surface area contributed by atoms with Crippen LogP contribution >= 0.6 is 11.8 Å². The molecule has 1 saturated carbocycles. The standard InChI is InChI=1S/C44H50F2N8O3S/c1-28-22-53(23-29(2)48-28)24-30-6-12-38(32(18-30)25-52-14-16-58-17-15-52)31-4-3-5-37(19-31)57-44-39(20-34(46)21-47-44)42(55)49-35-8-10-36(11-9-35)50-43(56)40-27-54-26-33(45)7-13-41(54)51-40/h3-7,12-13,18-21,26-29,35-36,48H,8-11,14-17,22-25H2,1-2H3,(H,49,55)(H,50,56)/t28-,29+,35?,36?. The van der Waals surface area contributed by atoms with Crippen molar-refractivity contribution >= 4 is 29.2 Å². The molecule has 8 rings (SSSR count). The molecule has 1 aliphatic carbocycles. The molecular weight excluding hydrogens is 759 g/mol. The molecule has 0 spiro atoms. The quantitative estimate of drug-likeness (QED) is 0.135. The van der Waals surface area contributed by atoms with E-state index in [1.54, 1.807) is 0 Å². The van der Waals surface area contributed by atoms with Gasteiger partial charge in [-0.15, -0.1) is 0 Å². The van der Waals surface area contributed by atoms with Crippen molar-refractivity contribution in [1.29, 1.82) is 0 Å². The van der Waals surface area contributed by atoms with E-state index in [1.807, 2.05) is 30.0 Å². The zero-order valence-electron chi connectivity index (χ0n) is 32.9. The molecule has 5 aromatic rings. The van der Waals surface area contributed by atoms with Crippen molar-refractivity contribution in [3.05, 3.63) is 113 Å². The van der Waals surface area contributed by atoms with Gasteiger partial charge in [0.1, 0.15) is 34.3 Å². The SMILES string of the molecule is C[C@@H]1CN(Cc2ccc(-c3cccc(Oc4ncc(F)cc4C(=O)NC4CCC(NC(=O)c5cn6cc(F)ccc6n5)CC4)c3)c(CN3CCSCC3)c2)C[C@H](C)N1. The Morgan fingerprint density at radius 1 is 0.845 bits per heavy atom. The summed E-state index contributed by atoms with van der Waals surface area (Å²) in [7, 11) is 0. The topological polar surface area (TPSA) is 116 Å². The fourth-order valence-electron chi connectivity index (χ4n) is 8.47. The smallest absolute Gasteiger partial charge is 0.271 e. The number of nitrogens with one attached hydrogen (secondary N) is 3. The summed E-state index contributed by atoms with van der Waals surface area (Å²) in [5.41, 5.74) is 5.37. The highest BCUT2D eigenvalue weighted by Crippen LogP contribution is 2.33. The van der Waals surface area contributed by atoms with E-state index in [0.717, 1.165) is 74.2 Å². The van der Waals surface area contributed by atoms with Crippen LogP contribution in [-0.2, 0) is 13.1 Å². The summed E-state index contributed by atoms with van der Waals surface area (Å²) in [6, 6.07) is 19.2. The highest BCUT2D eigenvalue weighted by atomic mass is 32.2. The fraction of sp³-hybridized carbons (Fsp3) is 0.409. The van der Waals surface area contributed by atoms with Gasteiger partial charge in [0, 0.05) is 87.3 Å². The van der Waals surface area contributed by atoms with Gasteiger partial charge in [0.05, 0.1) is 6.20 Å². The number of imidazole rings is 1. The van der Waals surface area contributed by atoms with Gasteiger partial charge in [-0.2, -0.15) is 11.8 Å². The summed E-state index contributed by atoms with van der Waals surface area (Å²) in [4.78, 5) is 40.1. The summed E-state index contributed by atoms with van der Waals surface area (Å²) >= 11 is 2.00. The summed E-state index contributed by atoms with van der Waals surface area (Å²) in [5.74, 6) is 0.897. The van der Waals surface area contributed by atoms with Gasteiger partial charge in [-0.05, 0) is 92.1 Å². The molecule has 2 aliphatic heterocycles. The third-order valence-electron chi connectivity index (χ3n) is 11.2. The number of ether oxygens (including phenoxy) is 1. The van der Waals surface area contributed by atoms with Crippen molar-refractivity contribution < 1.29 is 23.1 Å². The first-order valence-electron chi connectivity index (χ1n) is 20.2. The number of fused-ring (bicyclic) bond motifs is 1. The number of benzene rings is 2. The Morgan fingerprint density at radius 2 is 1.59 bits per heavy atom. The number of halogens is 2. The molecule has 304 valence electrons. The number of carbonyl (C=O) groups is 2. The Bertz CT molecular complexity index is 2250. The number of nitrogens with zero attached hydrogens (tertiary/aromatic N) is 5. The molecule has 2 atom stereocenters. The van der Waals surface area contributed by atoms with Crippen molar-refractivity contribution in [1.82, 2.24) is 40.1 Å². The highest BCUT2D eigenvalue weighted by Gasteiger charge is 2.27. The van der Waals surface area contributed by atoms with Crippen molar-refractivity contribution in [2.24, 2.45) is 0 Å². The summed E-state index contributed by atoms with van der Waals surface area (Å²) in [6.07, 6.45) is 6.31. The number of aromatic nitrogens is 3. The number of hydrogen-bond acceptors (Lipinski definition) is 9. The van der Waals surface area contributed by atoms with E-state index in [1.165, 1.54) is 40.1 Å². The lowest BCUT2D eigenvalue weighted by molar-refractivity contribution is 0.0888. The van der Waals surface area contributed by atoms with Crippen LogP contribution in [0, 0.1) is 11.6 Å². The molecule has 0 bridgehead atoms. The van der Waals surface area contributed by atoms with Gasteiger partial charge in [-0.25, -0.2) is 18.7 Å². The molecule has 3 fully saturated rings. The van der Waals surface area contributed by atoms with Crippen LogP contribution < -0.4 is 20.7 Å². The summed E-state index contributed by atoms with van der Waals surface area (Å²) in [6.45, 7) is 10.4. The van der Waals surface area contributed by atoms with Crippen molar-refractivity contribution in [3.8, 4) is 22.8 Å². The number of thioether (sulfide) groups is 1. The van der Waals surface area contributed by atoms with Crippen LogP contribution in [0.3, 0.4) is 0 Å². The number of hydrogen-bond donors (Lipinski definition) is 3. The maximum absolute atomic E-state index is 14.6. The molecule has 2 saturated heterocycles. The fourth-order valence-corrected chi connectivity index (χ4v) is 9.45. The molecular formula is C44H50F2N8O3S. The summed E-state index contributed by atoms with van der Waals surface area (Å²) < 4.78 is 35.9. The minimum atomic E-state index is -0.641. The van der Waals surface area contributed by atoms with Crippen molar-refractivity contribution in [3.63, 3.8) is 0 Å². The van der Waals surface area contributed by atoms with Gasteiger partial charge in [-0.1, -0.05) is 30.3 Å². The largest absolute Gasteiger partial charge is 0.438 e. The average Bonchev–Trinajstić information content (AvgIpc) is 3.63. The zero-order valence-corrected chi connectivity index (χ0v) is 33.7. The maximum atomic E-state index is 14.6. The monoisotopic (exact) mass is 808 g/mol. The second-order valence-corrected chi connectivity index (χ2v) is 17.1. The van der Waals surface area contributed by atoms with Gasteiger partial charge in [0.2, 0.25) is 5.88 Å². The van der Waals surface area contributed by atoms with E-state index in [2.05, 4.69) is 73.8 Å². The second-order valence-electron chi connectivity index (χ2n) is 15.9. The van der Waals surface area contributed by atoms with Crippen LogP contribution in [0.25, 0.3) is 16.8 Å². The average molecular weight is 809 g/mol. The second kappa shape index (κ2) is 17.9. The predicted octanol–water partition coefficient (Wildman–Crippen LogP) is 6.67. The molecule has 5 heterocycles. The van der Waals surface area contributed by atoms with Gasteiger partial charge in [0.15, 0.2) is 0 Å². The minimum Gasteiger partial charge on any atom is -0.438 e. The third-order valence-corrected chi connectivity index (χ3v) is 12.1. The van der Waals surface area contributed by atoms with E-state index < -0.39 is 17.5 Å². The minimum absolute atomic E-state index is 0.00803. The molecule has 58 heavy (non-hydrogen) atoms. The lowest BCUT2D eigenvalue weighted by atomic mass is 9.91. The first kappa shape index (κ1) is 39.9. The van der Waals surface area contributed by atoms with E-state index in [9.17, 15) is 18.4 Å². The van der Waals surface area contributed by atoms with E-state index in [0.29, 0.717) is 49.2 Å². The van der Waals surface area contributed by atoms with Gasteiger partial charge >= 0.3 is 0 Å². The van der Waals surface area contributed by atoms with Crippen LogP contribution in [0.15, 0.2) is 79.3 Å². The van der Waals surface area contributed by atoms with Crippen molar-refractivity contribution in [2.75, 3.05) is 37.7 Å². The Labute approximate surface area is 342 Å². The number of piperazine rings is 1. The molecule has 2 aromatic carbocycles. The Hall–Kier alpha value is -4.89. The van der Waals surface area contributed by atoms with Crippen LogP contribution in [0.1, 0.15) is 71.5 Å². The molecule has 14 heteroatoms. The van der Waals surface area contributed by atoms with Crippen LogP contribution in [0.4, 0.5) is 8.78 Å². The molecule has 11 nitrogen and oxygen atoms in total. The Balaban J connectivity index is 0.931. The van der Waals surface area contributed by atoms with Crippen LogP contribution in [0.5, 0.6) is 11.6 Å². The number of pyridine rings is 2. The first-order chi connectivity index (χ1) is 28.1.